The maximum Gasteiger partial charge on any atom is 0.357 e. The van der Waals surface area contributed by atoms with E-state index in [1.165, 1.54) is 6.33 Å². The normalized spacial score (nSPS) is 9.64. The lowest BCUT2D eigenvalue weighted by Crippen LogP contribution is -2.06. The van der Waals surface area contributed by atoms with Crippen molar-refractivity contribution in [2.24, 2.45) is 0 Å². The molecule has 0 saturated carbocycles. The van der Waals surface area contributed by atoms with Crippen LogP contribution in [0.3, 0.4) is 0 Å². The maximum absolute atomic E-state index is 11.0. The van der Waals surface area contributed by atoms with E-state index in [0.29, 0.717) is 16.0 Å². The number of nitrogens with one attached hydrogen (secondary N) is 1. The Bertz CT molecular complexity index is 259. The second-order valence-corrected chi connectivity index (χ2v) is 2.81. The third-order valence-corrected chi connectivity index (χ3v) is 1.89. The molecule has 1 heterocycles. The molecule has 1 rings (SSSR count). The zero-order valence-corrected chi connectivity index (χ0v) is 8.08. The fourth-order valence-electron chi connectivity index (χ4n) is 0.624. The number of imidazole rings is 1. The van der Waals surface area contributed by atoms with Crippen molar-refractivity contribution in [3.05, 3.63) is 15.7 Å². The van der Waals surface area contributed by atoms with Gasteiger partial charge in [-0.25, -0.2) is 9.78 Å². The van der Waals surface area contributed by atoms with Gasteiger partial charge >= 0.3 is 5.97 Å². The molecule has 0 amide bonds. The number of halogens is 1. The topological polar surface area (TPSA) is 55.0 Å². The Balaban J connectivity index is 2.76. The Morgan fingerprint density at radius 3 is 3.09 bits per heavy atom. The number of H-pyrrole nitrogens is 1. The van der Waals surface area contributed by atoms with Crippen molar-refractivity contribution in [3.8, 4) is 0 Å². The van der Waals surface area contributed by atoms with Crippen LogP contribution in [0.5, 0.6) is 0 Å². The molecule has 11 heavy (non-hydrogen) atoms. The van der Waals surface area contributed by atoms with E-state index in [4.69, 9.17) is 4.74 Å². The largest absolute Gasteiger partial charge is 0.461 e. The summed E-state index contributed by atoms with van der Waals surface area (Å²) in [6, 6.07) is 0. The van der Waals surface area contributed by atoms with Gasteiger partial charge in [-0.15, -0.1) is 0 Å². The van der Waals surface area contributed by atoms with Crippen LogP contribution < -0.4 is 0 Å². The van der Waals surface area contributed by atoms with Crippen LogP contribution in [0.25, 0.3) is 0 Å². The van der Waals surface area contributed by atoms with E-state index in [1.807, 2.05) is 22.6 Å². The van der Waals surface area contributed by atoms with E-state index >= 15 is 0 Å². The number of hydrogen-bond donors (Lipinski definition) is 1. The van der Waals surface area contributed by atoms with Crippen LogP contribution in [0, 0.1) is 3.70 Å². The Kier molecular flexibility index (Phi) is 2.86. The Labute approximate surface area is 77.5 Å². The number of esters is 1. The highest BCUT2D eigenvalue weighted by atomic mass is 127. The van der Waals surface area contributed by atoms with Gasteiger partial charge in [0.15, 0.2) is 5.69 Å². The number of hydrogen-bond acceptors (Lipinski definition) is 3. The summed E-state index contributed by atoms with van der Waals surface area (Å²) in [6.45, 7) is 2.15. The number of rotatable bonds is 2. The second kappa shape index (κ2) is 3.70. The van der Waals surface area contributed by atoms with Gasteiger partial charge in [0.1, 0.15) is 3.70 Å². The number of ether oxygens (including phenoxy) is 1. The van der Waals surface area contributed by atoms with Gasteiger partial charge in [-0.05, 0) is 29.5 Å². The molecule has 0 aliphatic heterocycles. The first-order valence-electron chi connectivity index (χ1n) is 3.11. The summed E-state index contributed by atoms with van der Waals surface area (Å²) in [6.07, 6.45) is 1.47. The third-order valence-electron chi connectivity index (χ3n) is 1.07. The van der Waals surface area contributed by atoms with Crippen LogP contribution in [0.2, 0.25) is 0 Å². The maximum atomic E-state index is 11.0. The summed E-state index contributed by atoms with van der Waals surface area (Å²) in [5.74, 6) is -0.352. The third kappa shape index (κ3) is 1.92. The molecule has 0 aromatic carbocycles. The summed E-state index contributed by atoms with van der Waals surface area (Å²) < 4.78 is 5.39. The van der Waals surface area contributed by atoms with E-state index < -0.39 is 0 Å². The van der Waals surface area contributed by atoms with Gasteiger partial charge in [0.25, 0.3) is 0 Å². The first-order chi connectivity index (χ1) is 5.25. The van der Waals surface area contributed by atoms with E-state index in [1.54, 1.807) is 6.92 Å². The molecular formula is C6H7IN2O2. The summed E-state index contributed by atoms with van der Waals surface area (Å²) in [7, 11) is 0. The summed E-state index contributed by atoms with van der Waals surface area (Å²) in [5, 5.41) is 0. The molecule has 4 nitrogen and oxygen atoms in total. The van der Waals surface area contributed by atoms with Crippen molar-refractivity contribution >= 4 is 28.6 Å². The number of nitrogens with zero attached hydrogens (tertiary/aromatic N) is 1. The highest BCUT2D eigenvalue weighted by molar-refractivity contribution is 14.1. The lowest BCUT2D eigenvalue weighted by atomic mass is 10.5. The zero-order chi connectivity index (χ0) is 8.27. The van der Waals surface area contributed by atoms with Crippen molar-refractivity contribution < 1.29 is 9.53 Å². The Hall–Kier alpha value is -0.590. The number of carbonyl (C=O) groups excluding carboxylic acids is 1. The van der Waals surface area contributed by atoms with Crippen LogP contribution in [0.4, 0.5) is 0 Å². The molecular weight excluding hydrogens is 259 g/mol. The quantitative estimate of drug-likeness (QED) is 0.646. The van der Waals surface area contributed by atoms with E-state index in [9.17, 15) is 4.79 Å². The van der Waals surface area contributed by atoms with Gasteiger partial charge in [0, 0.05) is 0 Å². The minimum absolute atomic E-state index is 0.352. The van der Waals surface area contributed by atoms with Crippen molar-refractivity contribution in [2.45, 2.75) is 6.92 Å². The SMILES string of the molecule is CCOC(=O)c1[nH]cnc1I. The Morgan fingerprint density at radius 1 is 1.91 bits per heavy atom. The molecule has 0 unspecified atom stereocenters. The molecule has 0 aliphatic rings. The average Bonchev–Trinajstić information content (AvgIpc) is 2.36. The molecule has 0 bridgehead atoms. The zero-order valence-electron chi connectivity index (χ0n) is 5.93. The van der Waals surface area contributed by atoms with Crippen LogP contribution >= 0.6 is 22.6 Å². The minimum Gasteiger partial charge on any atom is -0.461 e. The first-order valence-corrected chi connectivity index (χ1v) is 4.19. The van der Waals surface area contributed by atoms with Crippen LogP contribution in [-0.4, -0.2) is 22.5 Å². The van der Waals surface area contributed by atoms with Crippen LogP contribution in [-0.2, 0) is 4.74 Å². The summed E-state index contributed by atoms with van der Waals surface area (Å²) in [4.78, 5) is 17.6. The van der Waals surface area contributed by atoms with Crippen molar-refractivity contribution in [2.75, 3.05) is 6.61 Å². The first kappa shape index (κ1) is 8.51. The van der Waals surface area contributed by atoms with Gasteiger partial charge in [-0.1, -0.05) is 0 Å². The molecule has 1 N–H and O–H groups in total. The molecule has 0 saturated heterocycles. The van der Waals surface area contributed by atoms with Crippen molar-refractivity contribution in [1.82, 2.24) is 9.97 Å². The van der Waals surface area contributed by atoms with E-state index in [0.717, 1.165) is 0 Å². The molecule has 0 atom stereocenters. The highest BCUT2D eigenvalue weighted by Gasteiger charge is 2.11. The van der Waals surface area contributed by atoms with Gasteiger partial charge in [0.05, 0.1) is 12.9 Å². The second-order valence-electron chi connectivity index (χ2n) is 1.79. The minimum atomic E-state index is -0.352. The Morgan fingerprint density at radius 2 is 2.64 bits per heavy atom. The van der Waals surface area contributed by atoms with Gasteiger partial charge < -0.3 is 9.72 Å². The molecule has 0 fully saturated rings. The smallest absolute Gasteiger partial charge is 0.357 e. The monoisotopic (exact) mass is 266 g/mol. The molecule has 1 aromatic rings. The highest BCUT2D eigenvalue weighted by Crippen LogP contribution is 2.06. The number of carbonyl (C=O) groups is 1. The fraction of sp³-hybridized carbons (Fsp3) is 0.333. The van der Waals surface area contributed by atoms with Crippen LogP contribution in [0.1, 0.15) is 17.4 Å². The summed E-state index contributed by atoms with van der Waals surface area (Å²) >= 11 is 1.97. The molecule has 0 radical (unpaired) electrons. The standard InChI is InChI=1S/C6H7IN2O2/c1-2-11-6(10)4-5(7)9-3-8-4/h3H,2H2,1H3,(H,8,9). The fourth-order valence-corrected chi connectivity index (χ4v) is 1.14. The summed E-state index contributed by atoms with van der Waals surface area (Å²) in [5.41, 5.74) is 0.424. The van der Waals surface area contributed by atoms with Crippen LogP contribution in [0.15, 0.2) is 6.33 Å². The number of aromatic amines is 1. The van der Waals surface area contributed by atoms with Crippen molar-refractivity contribution in [3.63, 3.8) is 0 Å². The molecule has 0 spiro atoms. The van der Waals surface area contributed by atoms with E-state index in [-0.39, 0.29) is 5.97 Å². The van der Waals surface area contributed by atoms with Gasteiger partial charge in [-0.3, -0.25) is 0 Å². The molecule has 1 aromatic heterocycles. The predicted molar refractivity (Wildman–Crippen MR) is 47.3 cm³/mol. The predicted octanol–water partition coefficient (Wildman–Crippen LogP) is 1.19. The average molecular weight is 266 g/mol. The molecule has 60 valence electrons. The lowest BCUT2D eigenvalue weighted by molar-refractivity contribution is 0.0519. The number of aromatic nitrogens is 2. The lowest BCUT2D eigenvalue weighted by Gasteiger charge is -1.97. The van der Waals surface area contributed by atoms with Gasteiger partial charge in [0.2, 0.25) is 0 Å². The molecule has 0 aliphatic carbocycles. The molecule has 5 heteroatoms. The van der Waals surface area contributed by atoms with Crippen molar-refractivity contribution in [1.29, 1.82) is 0 Å². The van der Waals surface area contributed by atoms with E-state index in [2.05, 4.69) is 9.97 Å². The van der Waals surface area contributed by atoms with Gasteiger partial charge in [-0.2, -0.15) is 0 Å².